The monoisotopic (exact) mass is 485 g/mol. The van der Waals surface area contributed by atoms with Crippen molar-refractivity contribution in [2.24, 2.45) is 0 Å². The Hall–Kier alpha value is -3.36. The van der Waals surface area contributed by atoms with Crippen molar-refractivity contribution in [1.82, 2.24) is 10.2 Å². The number of anilines is 3. The summed E-state index contributed by atoms with van der Waals surface area (Å²) in [5, 5.41) is 21.3. The van der Waals surface area contributed by atoms with E-state index in [1.54, 1.807) is 42.5 Å². The Morgan fingerprint density at radius 3 is 2.24 bits per heavy atom. The van der Waals surface area contributed by atoms with Gasteiger partial charge in [0, 0.05) is 36.8 Å². The van der Waals surface area contributed by atoms with Crippen molar-refractivity contribution in [3.05, 3.63) is 75.9 Å². The molecule has 1 aliphatic heterocycles. The molecule has 3 aromatic rings. The highest BCUT2D eigenvalue weighted by molar-refractivity contribution is 6.30. The molecular formula is C23H21Cl2N5O3. The fourth-order valence-corrected chi connectivity index (χ4v) is 3.93. The van der Waals surface area contributed by atoms with E-state index in [0.717, 1.165) is 31.0 Å². The molecule has 2 N–H and O–H groups in total. The fourth-order valence-electron chi connectivity index (χ4n) is 3.71. The first kappa shape index (κ1) is 22.8. The number of nitrogens with zero attached hydrogens (tertiary/aromatic N) is 4. The maximum Gasteiger partial charge on any atom is 0.335 e. The summed E-state index contributed by atoms with van der Waals surface area (Å²) in [6, 6.07) is 14.8. The summed E-state index contributed by atoms with van der Waals surface area (Å²) >= 11 is 11.8. The maximum atomic E-state index is 12.8. The predicted molar refractivity (Wildman–Crippen MR) is 129 cm³/mol. The number of carbonyl (C=O) groups is 2. The smallest absolute Gasteiger partial charge is 0.335 e. The summed E-state index contributed by atoms with van der Waals surface area (Å²) in [6.45, 7) is 2.85. The van der Waals surface area contributed by atoms with Crippen molar-refractivity contribution in [2.75, 3.05) is 41.3 Å². The Morgan fingerprint density at radius 2 is 1.55 bits per heavy atom. The molecule has 0 bridgehead atoms. The number of carboxylic acids is 1. The van der Waals surface area contributed by atoms with Crippen LogP contribution in [0.4, 0.5) is 17.2 Å². The second-order valence-corrected chi connectivity index (χ2v) is 8.36. The number of carboxylic acid groups (broad SMARTS) is 1. The molecule has 0 aliphatic carbocycles. The Labute approximate surface area is 200 Å². The zero-order valence-electron chi connectivity index (χ0n) is 17.5. The van der Waals surface area contributed by atoms with Crippen molar-refractivity contribution < 1.29 is 14.7 Å². The lowest BCUT2D eigenvalue weighted by molar-refractivity contribution is 0.0696. The quantitative estimate of drug-likeness (QED) is 0.550. The molecule has 1 amide bonds. The van der Waals surface area contributed by atoms with Gasteiger partial charge in [-0.2, -0.15) is 0 Å². The van der Waals surface area contributed by atoms with E-state index in [4.69, 9.17) is 23.2 Å². The van der Waals surface area contributed by atoms with Gasteiger partial charge in [0.25, 0.3) is 5.91 Å². The average molecular weight is 486 g/mol. The number of amides is 1. The van der Waals surface area contributed by atoms with E-state index in [1.165, 1.54) is 6.07 Å². The summed E-state index contributed by atoms with van der Waals surface area (Å²) in [7, 11) is 0. The van der Waals surface area contributed by atoms with Gasteiger partial charge in [0.15, 0.2) is 11.0 Å². The number of carbonyl (C=O) groups excluding carboxylic acids is 1. The third-order valence-electron chi connectivity index (χ3n) is 5.38. The third-order valence-corrected chi connectivity index (χ3v) is 5.83. The van der Waals surface area contributed by atoms with Crippen molar-refractivity contribution in [3.8, 4) is 0 Å². The topological polar surface area (TPSA) is 98.7 Å². The minimum atomic E-state index is -1.06. The van der Waals surface area contributed by atoms with Crippen LogP contribution in [0, 0.1) is 0 Å². The second-order valence-electron chi connectivity index (χ2n) is 7.54. The molecule has 0 unspecified atom stereocenters. The molecule has 0 atom stereocenters. The molecule has 2 aromatic carbocycles. The van der Waals surface area contributed by atoms with Gasteiger partial charge in [-0.25, -0.2) is 4.79 Å². The van der Waals surface area contributed by atoms with Gasteiger partial charge < -0.3 is 20.2 Å². The van der Waals surface area contributed by atoms with Crippen molar-refractivity contribution >= 4 is 52.3 Å². The molecule has 1 fully saturated rings. The van der Waals surface area contributed by atoms with Gasteiger partial charge in [0.2, 0.25) is 0 Å². The van der Waals surface area contributed by atoms with Crippen LogP contribution in [0.2, 0.25) is 10.2 Å². The van der Waals surface area contributed by atoms with Crippen LogP contribution in [0.3, 0.4) is 0 Å². The molecule has 170 valence electrons. The van der Waals surface area contributed by atoms with E-state index >= 15 is 0 Å². The van der Waals surface area contributed by atoms with Crippen LogP contribution in [0.5, 0.6) is 0 Å². The van der Waals surface area contributed by atoms with Crippen LogP contribution in [-0.4, -0.2) is 53.4 Å². The van der Waals surface area contributed by atoms with Crippen LogP contribution < -0.4 is 15.1 Å². The number of nitrogens with one attached hydrogen (secondary N) is 1. The average Bonchev–Trinajstić information content (AvgIpc) is 3.06. The minimum absolute atomic E-state index is 0.0954. The first-order chi connectivity index (χ1) is 15.9. The van der Waals surface area contributed by atoms with E-state index in [1.807, 2.05) is 6.07 Å². The van der Waals surface area contributed by atoms with E-state index < -0.39 is 5.97 Å². The molecule has 33 heavy (non-hydrogen) atoms. The predicted octanol–water partition coefficient (Wildman–Crippen LogP) is 4.45. The number of hydrogen-bond acceptors (Lipinski definition) is 6. The number of rotatable bonds is 5. The van der Waals surface area contributed by atoms with Crippen LogP contribution >= 0.6 is 23.2 Å². The Morgan fingerprint density at radius 1 is 0.848 bits per heavy atom. The first-order valence-corrected chi connectivity index (χ1v) is 11.1. The molecular weight excluding hydrogens is 465 g/mol. The number of aromatic carboxylic acids is 1. The van der Waals surface area contributed by atoms with Gasteiger partial charge in [0.1, 0.15) is 0 Å². The maximum absolute atomic E-state index is 12.8. The van der Waals surface area contributed by atoms with Gasteiger partial charge in [0.05, 0.1) is 16.9 Å². The zero-order chi connectivity index (χ0) is 23.4. The van der Waals surface area contributed by atoms with E-state index in [9.17, 15) is 14.7 Å². The highest BCUT2D eigenvalue weighted by atomic mass is 35.5. The van der Waals surface area contributed by atoms with Crippen molar-refractivity contribution in [1.29, 1.82) is 0 Å². The minimum Gasteiger partial charge on any atom is -0.478 e. The molecule has 1 aromatic heterocycles. The Balaban J connectivity index is 1.57. The van der Waals surface area contributed by atoms with Crippen molar-refractivity contribution in [3.63, 3.8) is 0 Å². The molecule has 4 rings (SSSR count). The van der Waals surface area contributed by atoms with E-state index in [2.05, 4.69) is 25.3 Å². The lowest BCUT2D eigenvalue weighted by atomic mass is 10.1. The number of halogens is 2. The summed E-state index contributed by atoms with van der Waals surface area (Å²) < 4.78 is 0. The standard InChI is InChI=1S/C23H21Cl2N5O3/c24-17-5-2-15(3-6-17)22(31)26-18-14-16(23(32)33)4-7-19(18)29-10-1-11-30(13-12-29)21-9-8-20(25)27-28-21/h2-9,14H,1,10-13H2,(H,26,31)(H,32,33). The second kappa shape index (κ2) is 10.1. The molecule has 10 heteroatoms. The molecule has 0 saturated carbocycles. The van der Waals surface area contributed by atoms with Gasteiger partial charge in [-0.1, -0.05) is 23.2 Å². The lowest BCUT2D eigenvalue weighted by Crippen LogP contribution is -2.32. The number of hydrogen-bond donors (Lipinski definition) is 2. The summed E-state index contributed by atoms with van der Waals surface area (Å²) in [5.41, 5.74) is 1.72. The SMILES string of the molecule is O=C(O)c1ccc(N2CCCN(c3ccc(Cl)nn3)CC2)c(NC(=O)c2ccc(Cl)cc2)c1. The molecule has 0 spiro atoms. The third kappa shape index (κ3) is 5.53. The van der Waals surface area contributed by atoms with Gasteiger partial charge >= 0.3 is 5.97 Å². The van der Waals surface area contributed by atoms with Crippen molar-refractivity contribution in [2.45, 2.75) is 6.42 Å². The highest BCUT2D eigenvalue weighted by Crippen LogP contribution is 2.29. The first-order valence-electron chi connectivity index (χ1n) is 10.3. The van der Waals surface area contributed by atoms with Gasteiger partial charge in [-0.15, -0.1) is 10.2 Å². The lowest BCUT2D eigenvalue weighted by Gasteiger charge is -2.26. The van der Waals surface area contributed by atoms with Gasteiger partial charge in [-0.05, 0) is 61.0 Å². The fraction of sp³-hybridized carbons (Fsp3) is 0.217. The molecule has 8 nitrogen and oxygen atoms in total. The molecule has 1 saturated heterocycles. The molecule has 2 heterocycles. The van der Waals surface area contributed by atoms with Crippen LogP contribution in [0.1, 0.15) is 27.1 Å². The summed E-state index contributed by atoms with van der Waals surface area (Å²) in [5.74, 6) is -0.658. The largest absolute Gasteiger partial charge is 0.478 e. The molecule has 0 radical (unpaired) electrons. The summed E-state index contributed by atoms with van der Waals surface area (Å²) in [4.78, 5) is 28.6. The van der Waals surface area contributed by atoms with E-state index in [-0.39, 0.29) is 11.5 Å². The highest BCUT2D eigenvalue weighted by Gasteiger charge is 2.21. The van der Waals surface area contributed by atoms with Crippen LogP contribution in [0.25, 0.3) is 0 Å². The van der Waals surface area contributed by atoms with Crippen LogP contribution in [0.15, 0.2) is 54.6 Å². The van der Waals surface area contributed by atoms with Crippen LogP contribution in [-0.2, 0) is 0 Å². The normalized spacial score (nSPS) is 14.0. The Bertz CT molecular complexity index is 1160. The molecule has 1 aliphatic rings. The van der Waals surface area contributed by atoms with Gasteiger partial charge in [-0.3, -0.25) is 4.79 Å². The number of aromatic nitrogens is 2. The summed E-state index contributed by atoms with van der Waals surface area (Å²) in [6.07, 6.45) is 0.843. The van der Waals surface area contributed by atoms with E-state index in [0.29, 0.717) is 34.5 Å². The number of benzene rings is 2. The zero-order valence-corrected chi connectivity index (χ0v) is 19.1. The Kier molecular flexibility index (Phi) is 6.96.